The molecule has 0 aliphatic heterocycles. The number of anilines is 2. The van der Waals surface area contributed by atoms with Crippen molar-refractivity contribution in [2.75, 3.05) is 11.9 Å². The number of nitrogens with two attached hydrogens (primary N) is 1. The zero-order chi connectivity index (χ0) is 15.4. The molecule has 2 N–H and O–H groups in total. The Balaban J connectivity index is 2.41. The van der Waals surface area contributed by atoms with Gasteiger partial charge in [0.2, 0.25) is 0 Å². The lowest BCUT2D eigenvalue weighted by Gasteiger charge is -2.24. The van der Waals surface area contributed by atoms with Crippen LogP contribution >= 0.6 is 11.6 Å². The van der Waals surface area contributed by atoms with E-state index >= 15 is 0 Å². The van der Waals surface area contributed by atoms with Crippen molar-refractivity contribution in [3.05, 3.63) is 58.9 Å². The van der Waals surface area contributed by atoms with Crippen LogP contribution in [0.3, 0.4) is 0 Å². The van der Waals surface area contributed by atoms with Crippen molar-refractivity contribution < 1.29 is 4.39 Å². The Morgan fingerprint density at radius 3 is 2.62 bits per heavy atom. The van der Waals surface area contributed by atoms with Crippen molar-refractivity contribution in [2.24, 2.45) is 5.73 Å². The minimum atomic E-state index is -0.256. The fraction of sp³-hybridized carbons (Fsp3) is 0.294. The van der Waals surface area contributed by atoms with Crippen LogP contribution in [0.5, 0.6) is 0 Å². The quantitative estimate of drug-likeness (QED) is 0.879. The zero-order valence-electron chi connectivity index (χ0n) is 12.3. The van der Waals surface area contributed by atoms with Gasteiger partial charge in [0.1, 0.15) is 5.82 Å². The number of nitrogens with zero attached hydrogens (tertiary/aromatic N) is 1. The summed E-state index contributed by atoms with van der Waals surface area (Å²) in [6, 6.07) is 12.3. The van der Waals surface area contributed by atoms with Crippen LogP contribution in [0.1, 0.15) is 18.9 Å². The Kier molecular flexibility index (Phi) is 5.21. The van der Waals surface area contributed by atoms with Gasteiger partial charge in [0.05, 0.1) is 0 Å². The van der Waals surface area contributed by atoms with Gasteiger partial charge in [-0.15, -0.1) is 0 Å². The molecule has 0 fully saturated rings. The average Bonchev–Trinajstić information content (AvgIpc) is 2.48. The Bertz CT molecular complexity index is 615. The molecule has 0 saturated carbocycles. The molecule has 0 heterocycles. The first-order valence-electron chi connectivity index (χ1n) is 7.05. The molecule has 1 atom stereocenters. The summed E-state index contributed by atoms with van der Waals surface area (Å²) in [6.45, 7) is 2.05. The molecular weight excluding hydrogens is 287 g/mol. The second-order valence-corrected chi connectivity index (χ2v) is 5.56. The highest BCUT2D eigenvalue weighted by Crippen LogP contribution is 2.32. The van der Waals surface area contributed by atoms with E-state index in [9.17, 15) is 4.39 Å². The molecule has 0 aliphatic rings. The summed E-state index contributed by atoms with van der Waals surface area (Å²) in [4.78, 5) is 1.94. The zero-order valence-corrected chi connectivity index (χ0v) is 13.1. The van der Waals surface area contributed by atoms with Gasteiger partial charge < -0.3 is 10.6 Å². The molecule has 0 saturated heterocycles. The van der Waals surface area contributed by atoms with E-state index in [0.717, 1.165) is 23.4 Å². The van der Waals surface area contributed by atoms with E-state index in [1.807, 2.05) is 36.2 Å². The average molecular weight is 307 g/mol. The van der Waals surface area contributed by atoms with Gasteiger partial charge in [-0.2, -0.15) is 0 Å². The number of halogens is 2. The molecule has 0 radical (unpaired) electrons. The highest BCUT2D eigenvalue weighted by atomic mass is 35.5. The SMILES string of the molecule is CCC(N)Cc1c(Cl)cccc1N(C)c1cccc(F)c1. The first-order chi connectivity index (χ1) is 10.0. The fourth-order valence-electron chi connectivity index (χ4n) is 2.29. The van der Waals surface area contributed by atoms with E-state index < -0.39 is 0 Å². The maximum atomic E-state index is 13.4. The van der Waals surface area contributed by atoms with Gasteiger partial charge in [0.15, 0.2) is 0 Å². The molecule has 2 aromatic carbocycles. The molecule has 2 aromatic rings. The first kappa shape index (κ1) is 15.8. The van der Waals surface area contributed by atoms with Crippen LogP contribution in [-0.4, -0.2) is 13.1 Å². The Morgan fingerprint density at radius 2 is 1.95 bits per heavy atom. The highest BCUT2D eigenvalue weighted by molar-refractivity contribution is 6.31. The molecule has 0 bridgehead atoms. The fourth-order valence-corrected chi connectivity index (χ4v) is 2.54. The van der Waals surface area contributed by atoms with Crippen molar-refractivity contribution in [3.63, 3.8) is 0 Å². The number of rotatable bonds is 5. The van der Waals surface area contributed by atoms with Crippen LogP contribution in [0.25, 0.3) is 0 Å². The predicted molar refractivity (Wildman–Crippen MR) is 87.9 cm³/mol. The van der Waals surface area contributed by atoms with Crippen molar-refractivity contribution in [3.8, 4) is 0 Å². The van der Waals surface area contributed by atoms with E-state index in [4.69, 9.17) is 17.3 Å². The summed E-state index contributed by atoms with van der Waals surface area (Å²) in [6.07, 6.45) is 1.58. The molecule has 112 valence electrons. The van der Waals surface area contributed by atoms with Gasteiger partial charge in [-0.1, -0.05) is 30.7 Å². The third-order valence-corrected chi connectivity index (χ3v) is 4.00. The van der Waals surface area contributed by atoms with Gasteiger partial charge in [-0.05, 0) is 48.7 Å². The molecule has 0 amide bonds. The summed E-state index contributed by atoms with van der Waals surface area (Å²) in [5.41, 5.74) is 8.81. The Labute approximate surface area is 130 Å². The molecule has 1 unspecified atom stereocenters. The molecule has 4 heteroatoms. The van der Waals surface area contributed by atoms with E-state index in [-0.39, 0.29) is 11.9 Å². The maximum Gasteiger partial charge on any atom is 0.125 e. The van der Waals surface area contributed by atoms with Crippen LogP contribution in [0.15, 0.2) is 42.5 Å². The van der Waals surface area contributed by atoms with Gasteiger partial charge in [-0.3, -0.25) is 0 Å². The van der Waals surface area contributed by atoms with Crippen molar-refractivity contribution >= 4 is 23.0 Å². The first-order valence-corrected chi connectivity index (χ1v) is 7.43. The molecule has 0 aliphatic carbocycles. The second-order valence-electron chi connectivity index (χ2n) is 5.15. The third-order valence-electron chi connectivity index (χ3n) is 3.64. The predicted octanol–water partition coefficient (Wildman–Crippen LogP) is 4.53. The van der Waals surface area contributed by atoms with Crippen LogP contribution in [0.2, 0.25) is 5.02 Å². The Morgan fingerprint density at radius 1 is 1.24 bits per heavy atom. The van der Waals surface area contributed by atoms with Gasteiger partial charge in [0, 0.05) is 29.5 Å². The molecule has 0 spiro atoms. The van der Waals surface area contributed by atoms with Crippen LogP contribution < -0.4 is 10.6 Å². The van der Waals surface area contributed by atoms with E-state index in [0.29, 0.717) is 11.4 Å². The minimum Gasteiger partial charge on any atom is -0.344 e. The lowest BCUT2D eigenvalue weighted by molar-refractivity contribution is 0.627. The van der Waals surface area contributed by atoms with E-state index in [1.165, 1.54) is 12.1 Å². The molecule has 2 rings (SSSR count). The number of hydrogen-bond acceptors (Lipinski definition) is 2. The molecule has 2 nitrogen and oxygen atoms in total. The van der Waals surface area contributed by atoms with Gasteiger partial charge in [0.25, 0.3) is 0 Å². The topological polar surface area (TPSA) is 29.3 Å². The normalized spacial score (nSPS) is 12.2. The molecule has 21 heavy (non-hydrogen) atoms. The summed E-state index contributed by atoms with van der Waals surface area (Å²) in [5.74, 6) is -0.256. The summed E-state index contributed by atoms with van der Waals surface area (Å²) >= 11 is 6.34. The standard InChI is InChI=1S/C17H20ClFN2/c1-3-13(20)11-15-16(18)8-5-9-17(15)21(2)14-7-4-6-12(19)10-14/h4-10,13H,3,11,20H2,1-2H3. The third kappa shape index (κ3) is 3.74. The Hall–Kier alpha value is -1.58. The number of hydrogen-bond donors (Lipinski definition) is 1. The van der Waals surface area contributed by atoms with Crippen LogP contribution in [0, 0.1) is 5.82 Å². The summed E-state index contributed by atoms with van der Waals surface area (Å²) < 4.78 is 13.4. The molecule has 0 aromatic heterocycles. The maximum absolute atomic E-state index is 13.4. The van der Waals surface area contributed by atoms with Crippen molar-refractivity contribution in [1.29, 1.82) is 0 Å². The lowest BCUT2D eigenvalue weighted by atomic mass is 10.0. The van der Waals surface area contributed by atoms with Crippen LogP contribution in [0.4, 0.5) is 15.8 Å². The van der Waals surface area contributed by atoms with Gasteiger partial charge >= 0.3 is 0 Å². The lowest BCUT2D eigenvalue weighted by Crippen LogP contribution is -2.23. The summed E-state index contributed by atoms with van der Waals surface area (Å²) in [7, 11) is 1.90. The minimum absolute atomic E-state index is 0.0598. The monoisotopic (exact) mass is 306 g/mol. The summed E-state index contributed by atoms with van der Waals surface area (Å²) in [5, 5.41) is 0.694. The van der Waals surface area contributed by atoms with Crippen molar-refractivity contribution in [2.45, 2.75) is 25.8 Å². The van der Waals surface area contributed by atoms with E-state index in [2.05, 4.69) is 6.92 Å². The van der Waals surface area contributed by atoms with Crippen molar-refractivity contribution in [1.82, 2.24) is 0 Å². The highest BCUT2D eigenvalue weighted by Gasteiger charge is 2.15. The van der Waals surface area contributed by atoms with Gasteiger partial charge in [-0.25, -0.2) is 4.39 Å². The number of benzene rings is 2. The largest absolute Gasteiger partial charge is 0.344 e. The molecular formula is C17H20ClFN2. The van der Waals surface area contributed by atoms with Crippen LogP contribution in [-0.2, 0) is 6.42 Å². The smallest absolute Gasteiger partial charge is 0.125 e. The second kappa shape index (κ2) is 6.92. The van der Waals surface area contributed by atoms with E-state index in [1.54, 1.807) is 6.07 Å².